The molecule has 3 N–H and O–H groups in total. The minimum absolute atomic E-state index is 0.0605. The number of halogens is 3. The fourth-order valence-corrected chi connectivity index (χ4v) is 4.34. The van der Waals surface area contributed by atoms with Crippen molar-refractivity contribution in [3.05, 3.63) is 41.3 Å². The number of ether oxygens (including phenoxy) is 1. The summed E-state index contributed by atoms with van der Waals surface area (Å²) in [5, 5.41) is 6.32. The molecule has 1 saturated heterocycles. The van der Waals surface area contributed by atoms with Crippen LogP contribution in [0.1, 0.15) is 47.3 Å². The summed E-state index contributed by atoms with van der Waals surface area (Å²) >= 11 is 0. The zero-order chi connectivity index (χ0) is 23.9. The van der Waals surface area contributed by atoms with E-state index in [0.29, 0.717) is 40.6 Å². The van der Waals surface area contributed by atoms with Crippen LogP contribution in [0.25, 0.3) is 22.3 Å². The normalized spacial score (nSPS) is 17.2. The molecule has 2 aliphatic rings. The Labute approximate surface area is 194 Å². The van der Waals surface area contributed by atoms with Crippen molar-refractivity contribution in [2.24, 2.45) is 5.92 Å². The molecule has 0 atom stereocenters. The van der Waals surface area contributed by atoms with Crippen LogP contribution >= 0.6 is 0 Å². The standard InChI is InChI=1S/C24H26F3N5O2/c1-13-19(23(33)32-16-6-8-28-9-7-16)21-22(31-13)20(29-12-30-21)17-10-15(24(25,26)27)4-5-18(17)34-11-14-2-3-14/h4-5,10,12,14,16,28,31H,2-3,6-9,11H2,1H3,(H,32,33). The number of rotatable bonds is 6. The Morgan fingerprint density at radius 1 is 1.18 bits per heavy atom. The van der Waals surface area contributed by atoms with Gasteiger partial charge in [0, 0.05) is 17.3 Å². The molecule has 180 valence electrons. The molecule has 1 aliphatic heterocycles. The van der Waals surface area contributed by atoms with Crippen LogP contribution in [0, 0.1) is 12.8 Å². The molecule has 10 heteroatoms. The van der Waals surface area contributed by atoms with E-state index in [9.17, 15) is 18.0 Å². The Bertz CT molecular complexity index is 1210. The number of H-pyrrole nitrogens is 1. The SMILES string of the molecule is Cc1[nH]c2c(-c3cc(C(F)(F)F)ccc3OCC3CC3)ncnc2c1C(=O)NC1CCNCC1. The third-order valence-corrected chi connectivity index (χ3v) is 6.41. The lowest BCUT2D eigenvalue weighted by Gasteiger charge is -2.23. The highest BCUT2D eigenvalue weighted by Gasteiger charge is 2.33. The van der Waals surface area contributed by atoms with E-state index < -0.39 is 11.7 Å². The average molecular weight is 473 g/mol. The van der Waals surface area contributed by atoms with Crippen molar-refractivity contribution in [3.8, 4) is 17.0 Å². The lowest BCUT2D eigenvalue weighted by Crippen LogP contribution is -2.42. The number of benzene rings is 1. The fourth-order valence-electron chi connectivity index (χ4n) is 4.34. The van der Waals surface area contributed by atoms with Crippen molar-refractivity contribution in [3.63, 3.8) is 0 Å². The molecule has 1 aromatic carbocycles. The van der Waals surface area contributed by atoms with Gasteiger partial charge in [0.05, 0.1) is 23.3 Å². The minimum atomic E-state index is -4.51. The number of piperidine rings is 1. The monoisotopic (exact) mass is 473 g/mol. The lowest BCUT2D eigenvalue weighted by atomic mass is 10.0. The Balaban J connectivity index is 1.56. The van der Waals surface area contributed by atoms with Crippen molar-refractivity contribution in [1.29, 1.82) is 0 Å². The fraction of sp³-hybridized carbons (Fsp3) is 0.458. The molecule has 0 spiro atoms. The Hall–Kier alpha value is -3.14. The number of hydrogen-bond donors (Lipinski definition) is 3. The smallest absolute Gasteiger partial charge is 0.416 e. The van der Waals surface area contributed by atoms with E-state index in [1.165, 1.54) is 12.4 Å². The number of nitrogens with one attached hydrogen (secondary N) is 3. The predicted octanol–water partition coefficient (Wildman–Crippen LogP) is 4.22. The summed E-state index contributed by atoms with van der Waals surface area (Å²) in [6.45, 7) is 3.87. The highest BCUT2D eigenvalue weighted by molar-refractivity contribution is 6.09. The first-order valence-corrected chi connectivity index (χ1v) is 11.5. The van der Waals surface area contributed by atoms with Gasteiger partial charge in [-0.1, -0.05) is 0 Å². The van der Waals surface area contributed by atoms with Gasteiger partial charge in [-0.15, -0.1) is 0 Å². The zero-order valence-electron chi connectivity index (χ0n) is 18.8. The van der Waals surface area contributed by atoms with Crippen molar-refractivity contribution < 1.29 is 22.7 Å². The number of nitrogens with zero attached hydrogens (tertiary/aromatic N) is 2. The van der Waals surface area contributed by atoms with Gasteiger partial charge in [-0.05, 0) is 69.8 Å². The number of aryl methyl sites for hydroxylation is 1. The van der Waals surface area contributed by atoms with Gasteiger partial charge in [0.1, 0.15) is 23.3 Å². The molecule has 0 bridgehead atoms. The largest absolute Gasteiger partial charge is 0.493 e. The molecule has 7 nitrogen and oxygen atoms in total. The molecule has 2 fully saturated rings. The third kappa shape index (κ3) is 4.59. The quantitative estimate of drug-likeness (QED) is 0.499. The second-order valence-electron chi connectivity index (χ2n) is 9.03. The maximum Gasteiger partial charge on any atom is 0.416 e. The van der Waals surface area contributed by atoms with Gasteiger partial charge in [0.2, 0.25) is 0 Å². The molecule has 2 aromatic heterocycles. The van der Waals surface area contributed by atoms with Gasteiger partial charge in [-0.25, -0.2) is 9.97 Å². The molecule has 5 rings (SSSR count). The third-order valence-electron chi connectivity index (χ3n) is 6.41. The van der Waals surface area contributed by atoms with E-state index in [4.69, 9.17) is 4.74 Å². The summed E-state index contributed by atoms with van der Waals surface area (Å²) in [5.74, 6) is 0.501. The molecule has 3 aromatic rings. The first-order chi connectivity index (χ1) is 16.3. The van der Waals surface area contributed by atoms with Gasteiger partial charge in [0.15, 0.2) is 0 Å². The second kappa shape index (κ2) is 8.90. The Morgan fingerprint density at radius 2 is 1.94 bits per heavy atom. The first-order valence-electron chi connectivity index (χ1n) is 11.5. The van der Waals surface area contributed by atoms with Gasteiger partial charge >= 0.3 is 6.18 Å². The number of aromatic nitrogens is 3. The summed E-state index contributed by atoms with van der Waals surface area (Å²) < 4.78 is 46.4. The molecule has 34 heavy (non-hydrogen) atoms. The van der Waals surface area contributed by atoms with Gasteiger partial charge in [-0.3, -0.25) is 4.79 Å². The topological polar surface area (TPSA) is 91.9 Å². The Kier molecular flexibility index (Phi) is 5.93. The Morgan fingerprint density at radius 3 is 2.65 bits per heavy atom. The summed E-state index contributed by atoms with van der Waals surface area (Å²) in [6.07, 6.45) is 0.537. The van der Waals surface area contributed by atoms with Crippen LogP contribution in [-0.4, -0.2) is 46.6 Å². The average Bonchev–Trinajstić information content (AvgIpc) is 3.57. The van der Waals surface area contributed by atoms with Gasteiger partial charge in [0.25, 0.3) is 5.91 Å². The van der Waals surface area contributed by atoms with Crippen LogP contribution in [0.5, 0.6) is 5.75 Å². The van der Waals surface area contributed by atoms with E-state index in [0.717, 1.165) is 50.9 Å². The van der Waals surface area contributed by atoms with Gasteiger partial charge < -0.3 is 20.4 Å². The number of alkyl halides is 3. The molecular formula is C24H26F3N5O2. The summed E-state index contributed by atoms with van der Waals surface area (Å²) in [4.78, 5) is 24.9. The van der Waals surface area contributed by atoms with E-state index in [1.807, 2.05) is 0 Å². The molecule has 0 radical (unpaired) electrons. The molecular weight excluding hydrogens is 447 g/mol. The molecule has 1 aliphatic carbocycles. The van der Waals surface area contributed by atoms with Crippen LogP contribution in [-0.2, 0) is 6.18 Å². The number of carbonyl (C=O) groups is 1. The van der Waals surface area contributed by atoms with Crippen LogP contribution in [0.15, 0.2) is 24.5 Å². The van der Waals surface area contributed by atoms with Crippen molar-refractivity contribution >= 4 is 16.9 Å². The molecule has 3 heterocycles. The van der Waals surface area contributed by atoms with Crippen LogP contribution in [0.2, 0.25) is 0 Å². The predicted molar refractivity (Wildman–Crippen MR) is 121 cm³/mol. The first kappa shape index (κ1) is 22.6. The summed E-state index contributed by atoms with van der Waals surface area (Å²) in [6, 6.07) is 3.47. The summed E-state index contributed by atoms with van der Waals surface area (Å²) in [7, 11) is 0. The lowest BCUT2D eigenvalue weighted by molar-refractivity contribution is -0.137. The second-order valence-corrected chi connectivity index (χ2v) is 9.03. The van der Waals surface area contributed by atoms with Crippen molar-refractivity contribution in [2.75, 3.05) is 19.7 Å². The number of amides is 1. The van der Waals surface area contributed by atoms with Crippen LogP contribution < -0.4 is 15.4 Å². The van der Waals surface area contributed by atoms with Crippen molar-refractivity contribution in [2.45, 2.75) is 44.8 Å². The zero-order valence-corrected chi connectivity index (χ0v) is 18.8. The van der Waals surface area contributed by atoms with Crippen LogP contribution in [0.4, 0.5) is 13.2 Å². The van der Waals surface area contributed by atoms with Crippen LogP contribution in [0.3, 0.4) is 0 Å². The molecule has 1 amide bonds. The van der Waals surface area contributed by atoms with E-state index in [1.54, 1.807) is 6.92 Å². The van der Waals surface area contributed by atoms with Gasteiger partial charge in [-0.2, -0.15) is 13.2 Å². The minimum Gasteiger partial charge on any atom is -0.493 e. The molecule has 0 unspecified atom stereocenters. The number of fused-ring (bicyclic) bond motifs is 1. The highest BCUT2D eigenvalue weighted by atomic mass is 19.4. The number of aromatic amines is 1. The number of hydrogen-bond acceptors (Lipinski definition) is 5. The van der Waals surface area contributed by atoms with E-state index in [-0.39, 0.29) is 23.2 Å². The van der Waals surface area contributed by atoms with E-state index >= 15 is 0 Å². The maximum absolute atomic E-state index is 13.5. The summed E-state index contributed by atoms with van der Waals surface area (Å²) in [5.41, 5.74) is 1.44. The maximum atomic E-state index is 13.5. The molecule has 1 saturated carbocycles. The highest BCUT2D eigenvalue weighted by Crippen LogP contribution is 2.40. The number of carbonyl (C=O) groups excluding carboxylic acids is 1. The van der Waals surface area contributed by atoms with E-state index in [2.05, 4.69) is 25.6 Å². The van der Waals surface area contributed by atoms with Crippen molar-refractivity contribution in [1.82, 2.24) is 25.6 Å².